The Labute approximate surface area is 135 Å². The molecule has 0 amide bonds. The van der Waals surface area contributed by atoms with E-state index >= 15 is 0 Å². The molecule has 1 heterocycles. The lowest BCUT2D eigenvalue weighted by Crippen LogP contribution is -2.19. The molecule has 2 aromatic rings. The van der Waals surface area contributed by atoms with Crippen molar-refractivity contribution in [2.45, 2.75) is 20.4 Å². The predicted molar refractivity (Wildman–Crippen MR) is 87.3 cm³/mol. The van der Waals surface area contributed by atoms with Crippen LogP contribution >= 0.6 is 23.2 Å². The molecule has 0 unspecified atom stereocenters. The molecule has 0 aliphatic rings. The maximum absolute atomic E-state index is 6.00. The van der Waals surface area contributed by atoms with Gasteiger partial charge in [0.2, 0.25) is 0 Å². The third kappa shape index (κ3) is 4.88. The Bertz CT molecular complexity index is 603. The summed E-state index contributed by atoms with van der Waals surface area (Å²) in [6.07, 6.45) is 3.46. The third-order valence-corrected chi connectivity index (χ3v) is 3.60. The van der Waals surface area contributed by atoms with Crippen LogP contribution in [0.3, 0.4) is 0 Å². The molecule has 112 valence electrons. The molecule has 2 rings (SSSR count). The van der Waals surface area contributed by atoms with Crippen molar-refractivity contribution in [3.05, 3.63) is 52.3 Å². The molecule has 21 heavy (non-hydrogen) atoms. The van der Waals surface area contributed by atoms with Crippen LogP contribution in [-0.2, 0) is 6.54 Å². The first-order valence-corrected chi connectivity index (χ1v) is 7.58. The van der Waals surface area contributed by atoms with Crippen LogP contribution in [-0.4, -0.2) is 11.5 Å². The van der Waals surface area contributed by atoms with Crippen LogP contribution in [0, 0.1) is 5.92 Å². The van der Waals surface area contributed by atoms with Gasteiger partial charge >= 0.3 is 0 Å². The molecule has 0 fully saturated rings. The van der Waals surface area contributed by atoms with Crippen LogP contribution in [0.5, 0.6) is 11.5 Å². The van der Waals surface area contributed by atoms with Crippen molar-refractivity contribution in [3.63, 3.8) is 0 Å². The van der Waals surface area contributed by atoms with E-state index in [4.69, 9.17) is 27.9 Å². The molecule has 0 spiro atoms. The van der Waals surface area contributed by atoms with Crippen molar-refractivity contribution in [1.82, 2.24) is 10.3 Å². The van der Waals surface area contributed by atoms with Gasteiger partial charge in [-0.1, -0.05) is 37.0 Å². The smallest absolute Gasteiger partial charge is 0.150 e. The second-order valence-corrected chi connectivity index (χ2v) is 6.00. The van der Waals surface area contributed by atoms with Crippen molar-refractivity contribution in [2.24, 2.45) is 5.92 Å². The Morgan fingerprint density at radius 3 is 2.71 bits per heavy atom. The highest BCUT2D eigenvalue weighted by Gasteiger charge is 2.07. The first-order valence-electron chi connectivity index (χ1n) is 6.82. The third-order valence-electron chi connectivity index (χ3n) is 2.86. The highest BCUT2D eigenvalue weighted by Crippen LogP contribution is 2.30. The van der Waals surface area contributed by atoms with Gasteiger partial charge in [-0.3, -0.25) is 4.98 Å². The lowest BCUT2D eigenvalue weighted by molar-refractivity contribution is 0.466. The minimum Gasteiger partial charge on any atom is -0.455 e. The van der Waals surface area contributed by atoms with Gasteiger partial charge in [-0.25, -0.2) is 0 Å². The van der Waals surface area contributed by atoms with Crippen molar-refractivity contribution in [1.29, 1.82) is 0 Å². The number of rotatable bonds is 6. The van der Waals surface area contributed by atoms with E-state index in [1.165, 1.54) is 0 Å². The van der Waals surface area contributed by atoms with Gasteiger partial charge < -0.3 is 10.1 Å². The number of nitrogens with zero attached hydrogens (tertiary/aromatic N) is 1. The minimum absolute atomic E-state index is 0.470. The van der Waals surface area contributed by atoms with Gasteiger partial charge in [0.1, 0.15) is 11.5 Å². The molecule has 0 aliphatic heterocycles. The SMILES string of the molecule is CC(C)CNCc1ccncc1Oc1ccc(Cl)c(Cl)c1. The van der Waals surface area contributed by atoms with E-state index in [1.54, 1.807) is 30.6 Å². The van der Waals surface area contributed by atoms with Gasteiger partial charge in [0.15, 0.2) is 0 Å². The summed E-state index contributed by atoms with van der Waals surface area (Å²) in [5.74, 6) is 1.96. The van der Waals surface area contributed by atoms with E-state index < -0.39 is 0 Å². The van der Waals surface area contributed by atoms with Crippen LogP contribution in [0.15, 0.2) is 36.7 Å². The summed E-state index contributed by atoms with van der Waals surface area (Å²) in [6, 6.07) is 7.14. The molecule has 0 radical (unpaired) electrons. The summed E-state index contributed by atoms with van der Waals surface area (Å²) in [5.41, 5.74) is 1.05. The minimum atomic E-state index is 0.470. The fourth-order valence-corrected chi connectivity index (χ4v) is 2.10. The van der Waals surface area contributed by atoms with E-state index in [0.29, 0.717) is 27.5 Å². The zero-order valence-corrected chi connectivity index (χ0v) is 13.6. The normalized spacial score (nSPS) is 10.9. The second kappa shape index (κ2) is 7.64. The van der Waals surface area contributed by atoms with E-state index in [2.05, 4.69) is 24.1 Å². The molecule has 1 aromatic heterocycles. The van der Waals surface area contributed by atoms with Crippen LogP contribution in [0.25, 0.3) is 0 Å². The van der Waals surface area contributed by atoms with E-state index in [0.717, 1.165) is 18.7 Å². The molecule has 0 aliphatic carbocycles. The lowest BCUT2D eigenvalue weighted by Gasteiger charge is -2.12. The molecular weight excluding hydrogens is 307 g/mol. The molecule has 0 saturated carbocycles. The number of ether oxygens (including phenoxy) is 1. The van der Waals surface area contributed by atoms with Crippen molar-refractivity contribution >= 4 is 23.2 Å². The molecule has 1 aromatic carbocycles. The monoisotopic (exact) mass is 324 g/mol. The maximum atomic E-state index is 6.00. The molecular formula is C16H18Cl2N2O. The Morgan fingerprint density at radius 1 is 1.19 bits per heavy atom. The largest absolute Gasteiger partial charge is 0.455 e. The summed E-state index contributed by atoms with van der Waals surface area (Å²) >= 11 is 11.9. The van der Waals surface area contributed by atoms with Crippen LogP contribution in [0.4, 0.5) is 0 Å². The van der Waals surface area contributed by atoms with E-state index in [-0.39, 0.29) is 0 Å². The van der Waals surface area contributed by atoms with Crippen molar-refractivity contribution in [3.8, 4) is 11.5 Å². The number of hydrogen-bond acceptors (Lipinski definition) is 3. The quantitative estimate of drug-likeness (QED) is 0.818. The summed E-state index contributed by atoms with van der Waals surface area (Å²) in [4.78, 5) is 4.11. The summed E-state index contributed by atoms with van der Waals surface area (Å²) in [5, 5.41) is 4.37. The zero-order valence-electron chi connectivity index (χ0n) is 12.1. The fraction of sp³-hybridized carbons (Fsp3) is 0.312. The van der Waals surface area contributed by atoms with Gasteiger partial charge in [0.05, 0.1) is 16.2 Å². The first kappa shape index (κ1) is 16.1. The topological polar surface area (TPSA) is 34.2 Å². The summed E-state index contributed by atoms with van der Waals surface area (Å²) in [6.45, 7) is 6.03. The molecule has 3 nitrogen and oxygen atoms in total. The zero-order chi connectivity index (χ0) is 15.2. The second-order valence-electron chi connectivity index (χ2n) is 5.19. The number of pyridine rings is 1. The van der Waals surface area contributed by atoms with Gasteiger partial charge in [0.25, 0.3) is 0 Å². The number of aromatic nitrogens is 1. The Morgan fingerprint density at radius 2 is 2.00 bits per heavy atom. The van der Waals surface area contributed by atoms with Crippen molar-refractivity contribution in [2.75, 3.05) is 6.54 Å². The fourth-order valence-electron chi connectivity index (χ4n) is 1.81. The average molecular weight is 325 g/mol. The molecule has 0 atom stereocenters. The van der Waals surface area contributed by atoms with Gasteiger partial charge in [-0.15, -0.1) is 0 Å². The van der Waals surface area contributed by atoms with Gasteiger partial charge in [-0.2, -0.15) is 0 Å². The Hall–Kier alpha value is -1.29. The lowest BCUT2D eigenvalue weighted by atomic mass is 10.2. The molecule has 1 N–H and O–H groups in total. The number of benzene rings is 1. The van der Waals surface area contributed by atoms with Crippen LogP contribution in [0.1, 0.15) is 19.4 Å². The number of halogens is 2. The Balaban J connectivity index is 2.10. The van der Waals surface area contributed by atoms with Gasteiger partial charge in [0, 0.05) is 24.4 Å². The van der Waals surface area contributed by atoms with Crippen molar-refractivity contribution < 1.29 is 4.74 Å². The first-order chi connectivity index (χ1) is 10.1. The number of hydrogen-bond donors (Lipinski definition) is 1. The summed E-state index contributed by atoms with van der Waals surface area (Å²) < 4.78 is 5.86. The maximum Gasteiger partial charge on any atom is 0.150 e. The van der Waals surface area contributed by atoms with Gasteiger partial charge in [-0.05, 0) is 30.7 Å². The Kier molecular flexibility index (Phi) is 5.85. The highest BCUT2D eigenvalue weighted by atomic mass is 35.5. The number of nitrogens with one attached hydrogen (secondary N) is 1. The standard InChI is InChI=1S/C16H18Cl2N2O/c1-11(2)8-20-9-12-5-6-19-10-16(12)21-13-3-4-14(17)15(18)7-13/h3-7,10-11,20H,8-9H2,1-2H3. The van der Waals surface area contributed by atoms with Crippen LogP contribution in [0.2, 0.25) is 10.0 Å². The van der Waals surface area contributed by atoms with Crippen LogP contribution < -0.4 is 10.1 Å². The summed E-state index contributed by atoms with van der Waals surface area (Å²) in [7, 11) is 0. The van der Waals surface area contributed by atoms with E-state index in [1.807, 2.05) is 6.07 Å². The molecule has 5 heteroatoms. The van der Waals surface area contributed by atoms with E-state index in [9.17, 15) is 0 Å². The average Bonchev–Trinajstić information content (AvgIpc) is 2.44. The highest BCUT2D eigenvalue weighted by molar-refractivity contribution is 6.42. The molecule has 0 saturated heterocycles. The molecule has 0 bridgehead atoms. The predicted octanol–water partition coefficient (Wildman–Crippen LogP) is 4.93.